The fraction of sp³-hybridized carbons (Fsp3) is 0.312. The van der Waals surface area contributed by atoms with Gasteiger partial charge in [0.05, 0.1) is 5.69 Å². The number of nitrogens with one attached hydrogen (secondary N) is 1. The molecule has 1 N–H and O–H groups in total. The zero-order valence-corrected chi connectivity index (χ0v) is 25.6. The third-order valence-corrected chi connectivity index (χ3v) is 8.29. The lowest BCUT2D eigenvalue weighted by atomic mass is 9.98. The highest BCUT2D eigenvalue weighted by molar-refractivity contribution is 8.14. The minimum absolute atomic E-state index is 0.226. The second kappa shape index (κ2) is 13.1. The van der Waals surface area contributed by atoms with Crippen molar-refractivity contribution in [1.29, 1.82) is 0 Å². The highest BCUT2D eigenvalue weighted by Gasteiger charge is 2.32. The molecule has 1 aliphatic heterocycles. The molecule has 4 aromatic rings. The van der Waals surface area contributed by atoms with Crippen LogP contribution in [-0.2, 0) is 6.42 Å². The van der Waals surface area contributed by atoms with E-state index in [0.717, 1.165) is 22.6 Å². The van der Waals surface area contributed by atoms with Gasteiger partial charge in [-0.15, -0.1) is 18.3 Å². The summed E-state index contributed by atoms with van der Waals surface area (Å²) < 4.78 is 42.6. The maximum Gasteiger partial charge on any atom is 0.573 e. The van der Waals surface area contributed by atoms with Gasteiger partial charge in [0.25, 0.3) is 0 Å². The van der Waals surface area contributed by atoms with Crippen LogP contribution in [0.5, 0.6) is 5.75 Å². The number of urea groups is 1. The number of rotatable bonds is 8. The molecule has 0 bridgehead atoms. The van der Waals surface area contributed by atoms with E-state index in [9.17, 15) is 18.0 Å². The molecule has 1 unspecified atom stereocenters. The SMILES string of the molecule is Cc1ccc(N2C(=NC(=O)NCCc3ccc(-c4ncn(-c5ccc(OC(F)(F)F)cc5)n4)cc3)SCC2C)c(C(C)C)c1. The van der Waals surface area contributed by atoms with Crippen LogP contribution in [0.2, 0.25) is 0 Å². The number of benzene rings is 3. The topological polar surface area (TPSA) is 84.6 Å². The Morgan fingerprint density at radius 1 is 1.11 bits per heavy atom. The Labute approximate surface area is 258 Å². The fourth-order valence-corrected chi connectivity index (χ4v) is 6.00. The molecule has 0 radical (unpaired) electrons. The van der Waals surface area contributed by atoms with Crippen LogP contribution in [0.1, 0.15) is 43.4 Å². The number of amides is 2. The molecule has 8 nitrogen and oxygen atoms in total. The number of aromatic nitrogens is 3. The molecule has 1 fully saturated rings. The van der Waals surface area contributed by atoms with Crippen LogP contribution >= 0.6 is 11.8 Å². The number of anilines is 1. The van der Waals surface area contributed by atoms with Gasteiger partial charge in [-0.3, -0.25) is 0 Å². The van der Waals surface area contributed by atoms with Gasteiger partial charge in [0.15, 0.2) is 11.0 Å². The lowest BCUT2D eigenvalue weighted by Crippen LogP contribution is -2.34. The van der Waals surface area contributed by atoms with Crippen LogP contribution in [-0.4, -0.2) is 50.7 Å². The van der Waals surface area contributed by atoms with Gasteiger partial charge in [-0.2, -0.15) is 4.99 Å². The van der Waals surface area contributed by atoms with Gasteiger partial charge in [0, 0.05) is 29.6 Å². The first kappa shape index (κ1) is 31.1. The summed E-state index contributed by atoms with van der Waals surface area (Å²) in [5.74, 6) is 1.37. The first-order valence-electron chi connectivity index (χ1n) is 14.2. The molecule has 2 heterocycles. The van der Waals surface area contributed by atoms with Crippen molar-refractivity contribution in [1.82, 2.24) is 20.1 Å². The number of nitrogens with zero attached hydrogens (tertiary/aromatic N) is 5. The second-order valence-corrected chi connectivity index (χ2v) is 11.9. The lowest BCUT2D eigenvalue weighted by Gasteiger charge is -2.27. The first-order valence-corrected chi connectivity index (χ1v) is 15.2. The van der Waals surface area contributed by atoms with E-state index in [-0.39, 0.29) is 17.8 Å². The zero-order valence-electron chi connectivity index (χ0n) is 24.8. The van der Waals surface area contributed by atoms with E-state index in [0.29, 0.717) is 35.6 Å². The molecule has 1 aromatic heterocycles. The van der Waals surface area contributed by atoms with Crippen molar-refractivity contribution >= 4 is 28.6 Å². The Kier molecular flexibility index (Phi) is 9.28. The molecule has 1 saturated heterocycles. The summed E-state index contributed by atoms with van der Waals surface area (Å²) in [7, 11) is 0. The Morgan fingerprint density at radius 2 is 1.84 bits per heavy atom. The molecule has 0 spiro atoms. The molecule has 1 atom stereocenters. The van der Waals surface area contributed by atoms with Crippen LogP contribution < -0.4 is 15.0 Å². The van der Waals surface area contributed by atoms with Crippen LogP contribution in [0, 0.1) is 6.92 Å². The molecular formula is C32H33F3N6O2S. The van der Waals surface area contributed by atoms with Crippen molar-refractivity contribution in [2.75, 3.05) is 17.2 Å². The number of hydrogen-bond acceptors (Lipinski definition) is 5. The average Bonchev–Trinajstić information content (AvgIpc) is 3.60. The predicted molar refractivity (Wildman–Crippen MR) is 168 cm³/mol. The van der Waals surface area contributed by atoms with Crippen molar-refractivity contribution in [3.63, 3.8) is 0 Å². The molecule has 0 saturated carbocycles. The van der Waals surface area contributed by atoms with Crippen LogP contribution in [0.4, 0.5) is 23.7 Å². The van der Waals surface area contributed by atoms with Crippen LogP contribution in [0.25, 0.3) is 17.1 Å². The van der Waals surface area contributed by atoms with Crippen molar-refractivity contribution in [2.24, 2.45) is 4.99 Å². The molecule has 5 rings (SSSR count). The number of hydrogen-bond donors (Lipinski definition) is 1. The summed E-state index contributed by atoms with van der Waals surface area (Å²) in [5.41, 5.74) is 5.90. The van der Waals surface area contributed by atoms with Crippen LogP contribution in [0.3, 0.4) is 0 Å². The third-order valence-electron chi connectivity index (χ3n) is 7.09. The van der Waals surface area contributed by atoms with E-state index in [4.69, 9.17) is 0 Å². The minimum atomic E-state index is -4.75. The number of thioether (sulfide) groups is 1. The number of amidine groups is 1. The van der Waals surface area contributed by atoms with Gasteiger partial charge in [-0.05, 0) is 67.6 Å². The maximum atomic E-state index is 12.8. The third kappa shape index (κ3) is 7.60. The van der Waals surface area contributed by atoms with Crippen molar-refractivity contribution in [3.8, 4) is 22.8 Å². The molecule has 12 heteroatoms. The van der Waals surface area contributed by atoms with Crippen molar-refractivity contribution < 1.29 is 22.7 Å². The van der Waals surface area contributed by atoms with E-state index >= 15 is 0 Å². The van der Waals surface area contributed by atoms with Crippen LogP contribution in [0.15, 0.2) is 78.0 Å². The quantitative estimate of drug-likeness (QED) is 0.219. The van der Waals surface area contributed by atoms with Crippen molar-refractivity contribution in [3.05, 3.63) is 89.7 Å². The fourth-order valence-electron chi connectivity index (χ4n) is 4.89. The number of halogens is 3. The predicted octanol–water partition coefficient (Wildman–Crippen LogP) is 7.51. The van der Waals surface area contributed by atoms with Gasteiger partial charge < -0.3 is 15.0 Å². The van der Waals surface area contributed by atoms with E-state index in [2.05, 4.69) is 75.9 Å². The maximum absolute atomic E-state index is 12.8. The second-order valence-electron chi connectivity index (χ2n) is 10.9. The van der Waals surface area contributed by atoms with Gasteiger partial charge in [0.2, 0.25) is 0 Å². The highest BCUT2D eigenvalue weighted by atomic mass is 32.2. The van der Waals surface area contributed by atoms with Crippen molar-refractivity contribution in [2.45, 2.75) is 52.4 Å². The number of carbonyl (C=O) groups excluding carboxylic acids is 1. The summed E-state index contributed by atoms with van der Waals surface area (Å²) >= 11 is 1.59. The van der Waals surface area contributed by atoms with Gasteiger partial charge >= 0.3 is 12.4 Å². The number of carbonyl (C=O) groups is 1. The first-order chi connectivity index (χ1) is 21.0. The summed E-state index contributed by atoms with van der Waals surface area (Å²) in [4.78, 5) is 23.7. The largest absolute Gasteiger partial charge is 0.573 e. The molecule has 0 aliphatic carbocycles. The summed E-state index contributed by atoms with van der Waals surface area (Å²) in [6.07, 6.45) is -2.63. The molecule has 44 heavy (non-hydrogen) atoms. The van der Waals surface area contributed by atoms with E-state index in [1.54, 1.807) is 11.8 Å². The van der Waals surface area contributed by atoms with Gasteiger partial charge in [-0.1, -0.05) is 67.6 Å². The van der Waals surface area contributed by atoms with E-state index < -0.39 is 6.36 Å². The molecule has 3 aromatic carbocycles. The smallest absolute Gasteiger partial charge is 0.406 e. The normalized spacial score (nSPS) is 16.1. The Hall–Kier alpha value is -4.32. The summed E-state index contributed by atoms with van der Waals surface area (Å²) in [5, 5.41) is 8.06. The summed E-state index contributed by atoms with van der Waals surface area (Å²) in [6.45, 7) is 9.01. The standard InChI is InChI=1S/C32H33F3N6O2S/c1-20(2)27-17-21(3)5-14-28(27)41-22(4)18-44-31(41)38-30(42)36-16-15-23-6-8-24(9-7-23)29-37-19-40(39-29)25-10-12-26(13-11-25)43-32(33,34)35/h5-14,17,19-20,22H,15-16,18H2,1-4H3,(H,36,42). The zero-order chi connectivity index (χ0) is 31.4. The molecule has 230 valence electrons. The Morgan fingerprint density at radius 3 is 2.52 bits per heavy atom. The lowest BCUT2D eigenvalue weighted by molar-refractivity contribution is -0.274. The highest BCUT2D eigenvalue weighted by Crippen LogP contribution is 2.36. The summed E-state index contributed by atoms with van der Waals surface area (Å²) in [6, 6.07) is 19.3. The Balaban J connectivity index is 1.17. The van der Waals surface area contributed by atoms with Gasteiger partial charge in [-0.25, -0.2) is 14.5 Å². The monoisotopic (exact) mass is 622 g/mol. The number of aliphatic imine (C=N–C) groups is 1. The molecule has 2 amide bonds. The van der Waals surface area contributed by atoms with E-state index in [1.165, 1.54) is 46.4 Å². The molecular weight excluding hydrogens is 589 g/mol. The number of aryl methyl sites for hydroxylation is 1. The number of alkyl halides is 3. The Bertz CT molecular complexity index is 1640. The average molecular weight is 623 g/mol. The van der Waals surface area contributed by atoms with E-state index in [1.807, 2.05) is 24.3 Å². The minimum Gasteiger partial charge on any atom is -0.406 e. The van der Waals surface area contributed by atoms with Gasteiger partial charge in [0.1, 0.15) is 12.1 Å². The molecule has 1 aliphatic rings. The number of ether oxygens (including phenoxy) is 1.